The van der Waals surface area contributed by atoms with Gasteiger partial charge in [0.25, 0.3) is 0 Å². The molecule has 5 rings (SSSR count). The van der Waals surface area contributed by atoms with Gasteiger partial charge in [0.2, 0.25) is 11.9 Å². The van der Waals surface area contributed by atoms with Gasteiger partial charge in [0, 0.05) is 45.5 Å². The fraction of sp³-hybridized carbons (Fsp3) is 0.409. The monoisotopic (exact) mass is 424 g/mol. The van der Waals surface area contributed by atoms with Crippen molar-refractivity contribution in [3.8, 4) is 0 Å². The lowest BCUT2D eigenvalue weighted by atomic mass is 9.96. The van der Waals surface area contributed by atoms with E-state index in [0.29, 0.717) is 6.54 Å². The van der Waals surface area contributed by atoms with Crippen molar-refractivity contribution >= 4 is 34.8 Å². The van der Waals surface area contributed by atoms with Crippen LogP contribution < -0.4 is 9.80 Å². The van der Waals surface area contributed by atoms with Crippen molar-refractivity contribution in [3.05, 3.63) is 53.7 Å². The summed E-state index contributed by atoms with van der Waals surface area (Å²) in [5.74, 6) is 1.08. The van der Waals surface area contributed by atoms with Gasteiger partial charge in [-0.05, 0) is 37.1 Å². The highest BCUT2D eigenvalue weighted by atomic mass is 35.5. The maximum Gasteiger partial charge on any atom is 0.231 e. The maximum atomic E-state index is 13.3. The first-order valence-electron chi connectivity index (χ1n) is 10.5. The summed E-state index contributed by atoms with van der Waals surface area (Å²) < 4.78 is 2.00. The van der Waals surface area contributed by atoms with E-state index < -0.39 is 0 Å². The van der Waals surface area contributed by atoms with Gasteiger partial charge in [-0.25, -0.2) is 0 Å². The molecule has 3 aromatic rings. The molecule has 0 N–H and O–H groups in total. The van der Waals surface area contributed by atoms with Gasteiger partial charge in [0.1, 0.15) is 0 Å². The summed E-state index contributed by atoms with van der Waals surface area (Å²) in [6.07, 6.45) is 3.89. The zero-order chi connectivity index (χ0) is 20.5. The Bertz CT molecular complexity index is 1040. The van der Waals surface area contributed by atoms with Gasteiger partial charge in [-0.3, -0.25) is 9.20 Å². The van der Waals surface area contributed by atoms with E-state index in [0.717, 1.165) is 67.9 Å². The highest BCUT2D eigenvalue weighted by Crippen LogP contribution is 2.28. The number of anilines is 2. The second-order valence-corrected chi connectivity index (χ2v) is 8.38. The zero-order valence-electron chi connectivity index (χ0n) is 16.8. The van der Waals surface area contributed by atoms with E-state index in [1.54, 1.807) is 0 Å². The predicted molar refractivity (Wildman–Crippen MR) is 118 cm³/mol. The first kappa shape index (κ1) is 19.2. The average molecular weight is 425 g/mol. The summed E-state index contributed by atoms with van der Waals surface area (Å²) in [7, 11) is 0. The molecule has 2 fully saturated rings. The molecular weight excluding hydrogens is 400 g/mol. The Morgan fingerprint density at radius 2 is 1.73 bits per heavy atom. The minimum Gasteiger partial charge on any atom is -0.367 e. The number of para-hydroxylation sites is 1. The van der Waals surface area contributed by atoms with Crippen molar-refractivity contribution in [2.45, 2.75) is 12.8 Å². The minimum atomic E-state index is 0.00155. The quantitative estimate of drug-likeness (QED) is 0.647. The Kier molecular flexibility index (Phi) is 5.21. The van der Waals surface area contributed by atoms with E-state index in [1.807, 2.05) is 58.0 Å². The Morgan fingerprint density at radius 3 is 2.57 bits per heavy atom. The largest absolute Gasteiger partial charge is 0.367 e. The smallest absolute Gasteiger partial charge is 0.231 e. The molecule has 2 saturated heterocycles. The standard InChI is InChI=1S/C22H25ClN6O/c23-18-7-1-2-8-19(18)26-12-14-27(15-13-26)21(30)17-6-5-10-28(16-17)22-25-24-20-9-3-4-11-29(20)22/h1-4,7-9,11,17H,5-6,10,12-16H2/t17-/m0/s1. The minimum absolute atomic E-state index is 0.00155. The van der Waals surface area contributed by atoms with Crippen molar-refractivity contribution in [1.82, 2.24) is 19.5 Å². The fourth-order valence-electron chi connectivity index (χ4n) is 4.54. The Labute approximate surface area is 180 Å². The van der Waals surface area contributed by atoms with Crippen molar-refractivity contribution in [2.24, 2.45) is 5.92 Å². The van der Waals surface area contributed by atoms with Crippen LogP contribution in [0, 0.1) is 5.92 Å². The SMILES string of the molecule is O=C([C@H]1CCCN(c2nnc3ccccn23)C1)N1CCN(c2ccccc2Cl)CC1. The summed E-state index contributed by atoms with van der Waals surface area (Å²) in [5, 5.41) is 9.39. The molecule has 0 radical (unpaired) electrons. The van der Waals surface area contributed by atoms with Crippen molar-refractivity contribution in [2.75, 3.05) is 49.1 Å². The Hall–Kier alpha value is -2.80. The number of rotatable bonds is 3. The fourth-order valence-corrected chi connectivity index (χ4v) is 4.79. The summed E-state index contributed by atoms with van der Waals surface area (Å²) in [6.45, 7) is 4.67. The van der Waals surface area contributed by atoms with E-state index in [1.165, 1.54) is 0 Å². The van der Waals surface area contributed by atoms with Crippen LogP contribution >= 0.6 is 11.6 Å². The molecule has 0 spiro atoms. The molecule has 0 unspecified atom stereocenters. The number of hydrogen-bond acceptors (Lipinski definition) is 5. The van der Waals surface area contributed by atoms with E-state index in [9.17, 15) is 4.79 Å². The molecule has 0 bridgehead atoms. The van der Waals surface area contributed by atoms with Crippen LogP contribution in [-0.2, 0) is 4.79 Å². The number of halogens is 1. The maximum absolute atomic E-state index is 13.3. The number of aromatic nitrogens is 3. The lowest BCUT2D eigenvalue weighted by Crippen LogP contribution is -2.52. The third-order valence-electron chi connectivity index (χ3n) is 6.13. The number of piperidine rings is 1. The van der Waals surface area contributed by atoms with E-state index in [2.05, 4.69) is 20.0 Å². The molecule has 8 heteroatoms. The lowest BCUT2D eigenvalue weighted by molar-refractivity contribution is -0.136. The summed E-state index contributed by atoms with van der Waals surface area (Å²) in [6, 6.07) is 13.8. The third-order valence-corrected chi connectivity index (χ3v) is 6.45. The average Bonchev–Trinajstić information content (AvgIpc) is 3.23. The topological polar surface area (TPSA) is 57.0 Å². The molecule has 7 nitrogen and oxygen atoms in total. The van der Waals surface area contributed by atoms with E-state index in [4.69, 9.17) is 11.6 Å². The Balaban J connectivity index is 1.24. The molecule has 1 aromatic carbocycles. The molecule has 2 aliphatic heterocycles. The first-order chi connectivity index (χ1) is 14.7. The predicted octanol–water partition coefficient (Wildman–Crippen LogP) is 2.95. The van der Waals surface area contributed by atoms with Crippen LogP contribution in [0.2, 0.25) is 5.02 Å². The van der Waals surface area contributed by atoms with Crippen LogP contribution in [0.3, 0.4) is 0 Å². The van der Waals surface area contributed by atoms with Crippen LogP contribution in [0.1, 0.15) is 12.8 Å². The van der Waals surface area contributed by atoms with Gasteiger partial charge < -0.3 is 14.7 Å². The molecule has 4 heterocycles. The molecule has 156 valence electrons. The summed E-state index contributed by atoms with van der Waals surface area (Å²) in [4.78, 5) is 19.7. The Morgan fingerprint density at radius 1 is 0.933 bits per heavy atom. The first-order valence-corrected chi connectivity index (χ1v) is 10.9. The van der Waals surface area contributed by atoms with Crippen LogP contribution in [0.4, 0.5) is 11.6 Å². The lowest BCUT2D eigenvalue weighted by Gasteiger charge is -2.40. The number of carbonyl (C=O) groups is 1. The molecule has 2 aromatic heterocycles. The number of nitrogens with zero attached hydrogens (tertiary/aromatic N) is 6. The summed E-state index contributed by atoms with van der Waals surface area (Å²) >= 11 is 6.34. The van der Waals surface area contributed by atoms with Crippen molar-refractivity contribution in [1.29, 1.82) is 0 Å². The third kappa shape index (κ3) is 3.58. The number of benzene rings is 1. The highest BCUT2D eigenvalue weighted by molar-refractivity contribution is 6.33. The van der Waals surface area contributed by atoms with E-state index >= 15 is 0 Å². The number of hydrogen-bond donors (Lipinski definition) is 0. The number of amides is 1. The van der Waals surface area contributed by atoms with Gasteiger partial charge in [0.15, 0.2) is 5.65 Å². The molecule has 0 saturated carbocycles. The normalized spacial score (nSPS) is 20.0. The van der Waals surface area contributed by atoms with Crippen LogP contribution in [0.25, 0.3) is 5.65 Å². The number of carbonyl (C=O) groups excluding carboxylic acids is 1. The van der Waals surface area contributed by atoms with Crippen LogP contribution in [0.5, 0.6) is 0 Å². The number of fused-ring (bicyclic) bond motifs is 1. The summed E-state index contributed by atoms with van der Waals surface area (Å²) in [5.41, 5.74) is 1.88. The molecule has 1 atom stereocenters. The highest BCUT2D eigenvalue weighted by Gasteiger charge is 2.32. The molecular formula is C22H25ClN6O. The number of pyridine rings is 1. The second kappa shape index (κ2) is 8.14. The zero-order valence-corrected chi connectivity index (χ0v) is 17.6. The molecule has 2 aliphatic rings. The van der Waals surface area contributed by atoms with Gasteiger partial charge in [-0.1, -0.05) is 29.8 Å². The second-order valence-electron chi connectivity index (χ2n) is 7.98. The van der Waals surface area contributed by atoms with Crippen molar-refractivity contribution < 1.29 is 4.79 Å². The van der Waals surface area contributed by atoms with Gasteiger partial charge >= 0.3 is 0 Å². The molecule has 30 heavy (non-hydrogen) atoms. The van der Waals surface area contributed by atoms with Gasteiger partial charge in [-0.15, -0.1) is 10.2 Å². The van der Waals surface area contributed by atoms with Gasteiger partial charge in [-0.2, -0.15) is 0 Å². The van der Waals surface area contributed by atoms with Gasteiger partial charge in [0.05, 0.1) is 16.6 Å². The van der Waals surface area contributed by atoms with Crippen LogP contribution in [-0.4, -0.2) is 64.7 Å². The number of piperazine rings is 1. The van der Waals surface area contributed by atoms with Crippen LogP contribution in [0.15, 0.2) is 48.7 Å². The molecule has 1 amide bonds. The van der Waals surface area contributed by atoms with E-state index in [-0.39, 0.29) is 11.8 Å². The van der Waals surface area contributed by atoms with Crippen molar-refractivity contribution in [3.63, 3.8) is 0 Å². The molecule has 0 aliphatic carbocycles.